The lowest BCUT2D eigenvalue weighted by Crippen LogP contribution is -1.82. The Balaban J connectivity index is 1.72. The third-order valence-corrected chi connectivity index (χ3v) is 3.00. The van der Waals surface area contributed by atoms with E-state index in [2.05, 4.69) is 13.8 Å². The average Bonchev–Trinajstić information content (AvgIpc) is 2.74. The van der Waals surface area contributed by atoms with Crippen LogP contribution in [0.15, 0.2) is 0 Å². The fraction of sp³-hybridized carbons (Fsp3) is 0.917. The first-order chi connectivity index (χ1) is 5.84. The minimum atomic E-state index is 0.820. The first-order valence-electron chi connectivity index (χ1n) is 5.67. The van der Waals surface area contributed by atoms with Crippen molar-refractivity contribution in [2.45, 2.75) is 58.3 Å². The Morgan fingerprint density at radius 1 is 1.08 bits per heavy atom. The maximum Gasteiger partial charge on any atom is -0.0383 e. The van der Waals surface area contributed by atoms with Crippen molar-refractivity contribution in [3.8, 4) is 0 Å². The van der Waals surface area contributed by atoms with Crippen LogP contribution in [-0.2, 0) is 0 Å². The van der Waals surface area contributed by atoms with Crippen LogP contribution in [0, 0.1) is 18.8 Å². The minimum Gasteiger partial charge on any atom is -0.0654 e. The molecule has 2 unspecified atom stereocenters. The summed E-state index contributed by atoms with van der Waals surface area (Å²) in [6.07, 6.45) is 11.5. The van der Waals surface area contributed by atoms with Crippen LogP contribution in [0.25, 0.3) is 0 Å². The highest BCUT2D eigenvalue weighted by atomic mass is 14.4. The van der Waals surface area contributed by atoms with Crippen LogP contribution < -0.4 is 0 Å². The molecule has 1 fully saturated rings. The van der Waals surface area contributed by atoms with E-state index < -0.39 is 0 Å². The molecule has 0 nitrogen and oxygen atoms in total. The van der Waals surface area contributed by atoms with Gasteiger partial charge in [-0.05, 0) is 25.2 Å². The molecule has 1 aliphatic carbocycles. The quantitative estimate of drug-likeness (QED) is 0.498. The molecule has 0 bridgehead atoms. The molecule has 1 saturated carbocycles. The van der Waals surface area contributed by atoms with E-state index in [1.54, 1.807) is 0 Å². The summed E-state index contributed by atoms with van der Waals surface area (Å²) in [4.78, 5) is 0. The fourth-order valence-corrected chi connectivity index (χ4v) is 1.85. The van der Waals surface area contributed by atoms with Crippen molar-refractivity contribution in [1.29, 1.82) is 0 Å². The first-order valence-corrected chi connectivity index (χ1v) is 5.67. The second-order valence-corrected chi connectivity index (χ2v) is 4.31. The van der Waals surface area contributed by atoms with E-state index in [1.807, 2.05) is 0 Å². The van der Waals surface area contributed by atoms with Gasteiger partial charge in [-0.25, -0.2) is 0 Å². The summed E-state index contributed by atoms with van der Waals surface area (Å²) in [7, 11) is 0. The van der Waals surface area contributed by atoms with Crippen LogP contribution in [0.2, 0.25) is 0 Å². The Morgan fingerprint density at radius 3 is 2.25 bits per heavy atom. The maximum atomic E-state index is 4.06. The van der Waals surface area contributed by atoms with E-state index in [0.717, 1.165) is 11.8 Å². The Morgan fingerprint density at radius 2 is 1.67 bits per heavy atom. The van der Waals surface area contributed by atoms with Crippen LogP contribution in [0.3, 0.4) is 0 Å². The molecule has 1 radical (unpaired) electrons. The van der Waals surface area contributed by atoms with Crippen LogP contribution in [-0.4, -0.2) is 0 Å². The van der Waals surface area contributed by atoms with Gasteiger partial charge >= 0.3 is 0 Å². The normalized spacial score (nSPS) is 27.5. The lowest BCUT2D eigenvalue weighted by molar-refractivity contribution is 0.560. The van der Waals surface area contributed by atoms with E-state index >= 15 is 0 Å². The molecule has 0 N–H and O–H groups in total. The molecule has 12 heavy (non-hydrogen) atoms. The SMILES string of the molecule is [CH2]C1CC1CCCCCCCC. The Hall–Kier alpha value is 0. The van der Waals surface area contributed by atoms with Crippen molar-refractivity contribution in [2.24, 2.45) is 11.8 Å². The van der Waals surface area contributed by atoms with Crippen molar-refractivity contribution in [1.82, 2.24) is 0 Å². The van der Waals surface area contributed by atoms with E-state index in [-0.39, 0.29) is 0 Å². The zero-order valence-corrected chi connectivity index (χ0v) is 8.52. The van der Waals surface area contributed by atoms with Crippen molar-refractivity contribution in [3.63, 3.8) is 0 Å². The summed E-state index contributed by atoms with van der Waals surface area (Å²) in [5.74, 6) is 1.83. The van der Waals surface area contributed by atoms with E-state index in [1.165, 1.54) is 51.4 Å². The highest BCUT2D eigenvalue weighted by Gasteiger charge is 2.31. The van der Waals surface area contributed by atoms with E-state index in [9.17, 15) is 0 Å². The van der Waals surface area contributed by atoms with Gasteiger partial charge in [0, 0.05) is 0 Å². The third-order valence-electron chi connectivity index (χ3n) is 3.00. The number of hydrogen-bond acceptors (Lipinski definition) is 0. The monoisotopic (exact) mass is 167 g/mol. The topological polar surface area (TPSA) is 0 Å². The molecule has 1 rings (SSSR count). The summed E-state index contributed by atoms with van der Waals surface area (Å²) in [5, 5.41) is 0. The average molecular weight is 167 g/mol. The van der Waals surface area contributed by atoms with Crippen molar-refractivity contribution in [2.75, 3.05) is 0 Å². The highest BCUT2D eigenvalue weighted by molar-refractivity contribution is 4.87. The summed E-state index contributed by atoms with van der Waals surface area (Å²) in [5.41, 5.74) is 0. The molecule has 0 saturated heterocycles. The molecular weight excluding hydrogens is 144 g/mol. The van der Waals surface area contributed by atoms with Crippen LogP contribution in [0.5, 0.6) is 0 Å². The predicted octanol–water partition coefficient (Wildman–Crippen LogP) is 4.21. The van der Waals surface area contributed by atoms with Crippen molar-refractivity contribution in [3.05, 3.63) is 6.92 Å². The van der Waals surface area contributed by atoms with E-state index in [0.29, 0.717) is 0 Å². The number of unbranched alkanes of at least 4 members (excludes halogenated alkanes) is 5. The Labute approximate surface area is 77.7 Å². The zero-order chi connectivity index (χ0) is 8.81. The lowest BCUT2D eigenvalue weighted by atomic mass is 10.1. The molecule has 0 aromatic carbocycles. The van der Waals surface area contributed by atoms with Gasteiger partial charge in [-0.1, -0.05) is 51.9 Å². The standard InChI is InChI=1S/C12H23/c1-3-4-5-6-7-8-9-12-10-11(12)2/h11-12H,2-10H2,1H3. The lowest BCUT2D eigenvalue weighted by Gasteiger charge is -1.99. The van der Waals surface area contributed by atoms with Crippen molar-refractivity contribution < 1.29 is 0 Å². The molecule has 0 spiro atoms. The largest absolute Gasteiger partial charge is 0.0654 e. The van der Waals surface area contributed by atoms with Gasteiger partial charge in [0.25, 0.3) is 0 Å². The third kappa shape index (κ3) is 4.13. The summed E-state index contributed by atoms with van der Waals surface area (Å²) in [6, 6.07) is 0. The summed E-state index contributed by atoms with van der Waals surface area (Å²) >= 11 is 0. The van der Waals surface area contributed by atoms with Gasteiger partial charge in [-0.15, -0.1) is 0 Å². The first kappa shape index (κ1) is 10.1. The molecule has 0 heterocycles. The van der Waals surface area contributed by atoms with Gasteiger partial charge in [-0.2, -0.15) is 0 Å². The molecular formula is C12H23. The fourth-order valence-electron chi connectivity index (χ4n) is 1.85. The van der Waals surface area contributed by atoms with Gasteiger partial charge in [-0.3, -0.25) is 0 Å². The number of rotatable bonds is 7. The number of hydrogen-bond donors (Lipinski definition) is 0. The maximum absolute atomic E-state index is 4.06. The zero-order valence-electron chi connectivity index (χ0n) is 8.52. The Kier molecular flexibility index (Phi) is 4.72. The molecule has 0 amide bonds. The highest BCUT2D eigenvalue weighted by Crippen LogP contribution is 2.41. The van der Waals surface area contributed by atoms with Gasteiger partial charge in [0.1, 0.15) is 0 Å². The van der Waals surface area contributed by atoms with Gasteiger partial charge in [0.2, 0.25) is 0 Å². The van der Waals surface area contributed by atoms with Gasteiger partial charge in [0.15, 0.2) is 0 Å². The molecule has 2 atom stereocenters. The molecule has 0 heteroatoms. The van der Waals surface area contributed by atoms with Crippen LogP contribution in [0.1, 0.15) is 58.3 Å². The minimum absolute atomic E-state index is 0.820. The molecule has 0 aliphatic heterocycles. The molecule has 1 aliphatic rings. The summed E-state index contributed by atoms with van der Waals surface area (Å²) in [6.45, 7) is 6.34. The second-order valence-electron chi connectivity index (χ2n) is 4.31. The second kappa shape index (κ2) is 5.61. The predicted molar refractivity (Wildman–Crippen MR) is 54.9 cm³/mol. The van der Waals surface area contributed by atoms with Crippen LogP contribution in [0.4, 0.5) is 0 Å². The van der Waals surface area contributed by atoms with Gasteiger partial charge < -0.3 is 0 Å². The molecule has 0 aromatic rings. The molecule has 0 aromatic heterocycles. The van der Waals surface area contributed by atoms with Gasteiger partial charge in [0.05, 0.1) is 0 Å². The Bertz CT molecular complexity index is 107. The van der Waals surface area contributed by atoms with E-state index in [4.69, 9.17) is 0 Å². The van der Waals surface area contributed by atoms with Crippen molar-refractivity contribution >= 4 is 0 Å². The van der Waals surface area contributed by atoms with Crippen LogP contribution >= 0.6 is 0 Å². The summed E-state index contributed by atoms with van der Waals surface area (Å²) < 4.78 is 0. The molecule has 71 valence electrons. The smallest absolute Gasteiger partial charge is 0.0383 e.